The Morgan fingerprint density at radius 2 is 2.26 bits per heavy atom. The molecule has 1 aliphatic carbocycles. The first-order chi connectivity index (χ1) is 9.13. The Balaban J connectivity index is 1.95. The van der Waals surface area contributed by atoms with Gasteiger partial charge < -0.3 is 10.4 Å². The molecule has 1 aromatic rings. The average Bonchev–Trinajstić information content (AvgIpc) is 2.65. The Bertz CT molecular complexity index is 552. The minimum atomic E-state index is -0.792. The summed E-state index contributed by atoms with van der Waals surface area (Å²) in [5, 5.41) is 11.7. The first-order valence-electron chi connectivity index (χ1n) is 6.79. The van der Waals surface area contributed by atoms with Gasteiger partial charge in [-0.3, -0.25) is 9.59 Å². The molecule has 0 radical (unpaired) electrons. The molecule has 2 N–H and O–H groups in total. The van der Waals surface area contributed by atoms with Crippen molar-refractivity contribution in [1.29, 1.82) is 0 Å². The van der Waals surface area contributed by atoms with Crippen LogP contribution in [0.1, 0.15) is 43.2 Å². The van der Waals surface area contributed by atoms with Crippen LogP contribution in [-0.2, 0) is 21.4 Å². The number of nitrogens with one attached hydrogen (secondary N) is 1. The third kappa shape index (κ3) is 1.82. The molecular weight excluding hydrogens is 242 g/mol. The molecule has 1 heterocycles. The summed E-state index contributed by atoms with van der Waals surface area (Å²) in [6, 6.07) is 6.01. The van der Waals surface area contributed by atoms with Crippen LogP contribution < -0.4 is 5.32 Å². The number of carboxylic acids is 1. The first-order valence-corrected chi connectivity index (χ1v) is 6.79. The number of hydrogen-bond acceptors (Lipinski definition) is 2. The van der Waals surface area contributed by atoms with E-state index in [1.807, 2.05) is 12.1 Å². The number of amides is 1. The lowest BCUT2D eigenvalue weighted by molar-refractivity contribution is -0.137. The fourth-order valence-electron chi connectivity index (χ4n) is 3.56. The molecule has 1 amide bonds. The van der Waals surface area contributed by atoms with Gasteiger partial charge in [0.25, 0.3) is 0 Å². The van der Waals surface area contributed by atoms with Crippen molar-refractivity contribution in [1.82, 2.24) is 0 Å². The predicted molar refractivity (Wildman–Crippen MR) is 71.2 cm³/mol. The summed E-state index contributed by atoms with van der Waals surface area (Å²) < 4.78 is 0. The van der Waals surface area contributed by atoms with Gasteiger partial charge in [0.15, 0.2) is 0 Å². The third-order valence-electron chi connectivity index (χ3n) is 4.36. The van der Waals surface area contributed by atoms with Crippen LogP contribution in [-0.4, -0.2) is 17.0 Å². The highest BCUT2D eigenvalue weighted by Crippen LogP contribution is 2.49. The molecule has 0 aromatic heterocycles. The fourth-order valence-corrected chi connectivity index (χ4v) is 3.56. The Labute approximate surface area is 111 Å². The van der Waals surface area contributed by atoms with Crippen LogP contribution in [0.4, 0.5) is 5.69 Å². The molecule has 0 fully saturated rings. The van der Waals surface area contributed by atoms with Gasteiger partial charge in [0, 0.05) is 12.1 Å². The number of anilines is 1. The topological polar surface area (TPSA) is 66.4 Å². The lowest BCUT2D eigenvalue weighted by Crippen LogP contribution is -2.37. The van der Waals surface area contributed by atoms with Crippen LogP contribution in [0.2, 0.25) is 0 Å². The second-order valence-electron chi connectivity index (χ2n) is 5.48. The van der Waals surface area contributed by atoms with Crippen molar-refractivity contribution in [2.24, 2.45) is 0 Å². The monoisotopic (exact) mass is 259 g/mol. The van der Waals surface area contributed by atoms with Gasteiger partial charge >= 0.3 is 5.97 Å². The van der Waals surface area contributed by atoms with E-state index >= 15 is 0 Å². The quantitative estimate of drug-likeness (QED) is 0.873. The van der Waals surface area contributed by atoms with E-state index in [-0.39, 0.29) is 12.3 Å². The van der Waals surface area contributed by atoms with Gasteiger partial charge in [0.2, 0.25) is 5.91 Å². The van der Waals surface area contributed by atoms with E-state index in [1.165, 1.54) is 5.56 Å². The average molecular weight is 259 g/mol. The fraction of sp³-hybridized carbons (Fsp3) is 0.467. The van der Waals surface area contributed by atoms with Crippen molar-refractivity contribution in [2.45, 2.75) is 43.9 Å². The lowest BCUT2D eigenvalue weighted by atomic mass is 9.68. The minimum Gasteiger partial charge on any atom is -0.481 e. The summed E-state index contributed by atoms with van der Waals surface area (Å²) >= 11 is 0. The molecule has 0 unspecified atom stereocenters. The zero-order chi connectivity index (χ0) is 13.5. The van der Waals surface area contributed by atoms with Crippen molar-refractivity contribution < 1.29 is 14.7 Å². The predicted octanol–water partition coefficient (Wildman–Crippen LogP) is 2.47. The molecule has 0 bridgehead atoms. The SMILES string of the molecule is O=C(O)CCC[C@@]12CCCc3cccc(c31)NC2=O. The van der Waals surface area contributed by atoms with Crippen molar-refractivity contribution in [3.05, 3.63) is 29.3 Å². The van der Waals surface area contributed by atoms with Gasteiger partial charge in [-0.2, -0.15) is 0 Å². The van der Waals surface area contributed by atoms with Crippen LogP contribution in [0.5, 0.6) is 0 Å². The maximum absolute atomic E-state index is 12.4. The van der Waals surface area contributed by atoms with Crippen LogP contribution in [0.15, 0.2) is 18.2 Å². The Kier molecular flexibility index (Phi) is 2.81. The number of rotatable bonds is 4. The zero-order valence-electron chi connectivity index (χ0n) is 10.7. The van der Waals surface area contributed by atoms with Crippen molar-refractivity contribution >= 4 is 17.6 Å². The first kappa shape index (κ1) is 12.2. The minimum absolute atomic E-state index is 0.0556. The number of aryl methyl sites for hydroxylation is 1. The van der Waals surface area contributed by atoms with Crippen LogP contribution in [0, 0.1) is 0 Å². The molecule has 0 saturated heterocycles. The third-order valence-corrected chi connectivity index (χ3v) is 4.36. The molecule has 0 spiro atoms. The summed E-state index contributed by atoms with van der Waals surface area (Å²) in [5.41, 5.74) is 2.84. The Morgan fingerprint density at radius 3 is 3.05 bits per heavy atom. The number of benzene rings is 1. The summed E-state index contributed by atoms with van der Waals surface area (Å²) in [7, 11) is 0. The maximum Gasteiger partial charge on any atom is 0.303 e. The number of carboxylic acid groups (broad SMARTS) is 1. The zero-order valence-corrected chi connectivity index (χ0v) is 10.7. The molecular formula is C15H17NO3. The largest absolute Gasteiger partial charge is 0.481 e. The molecule has 4 heteroatoms. The number of hydrogen-bond donors (Lipinski definition) is 2. The molecule has 100 valence electrons. The van der Waals surface area contributed by atoms with E-state index in [4.69, 9.17) is 5.11 Å². The van der Waals surface area contributed by atoms with E-state index in [2.05, 4.69) is 11.4 Å². The molecule has 0 saturated carbocycles. The standard InChI is InChI=1S/C15H17NO3/c17-12(18)7-3-9-15-8-2-5-10-4-1-6-11(13(10)15)16-14(15)19/h1,4,6H,2-3,5,7-9H2,(H,16,19)(H,17,18)/t15-/m0/s1. The highest BCUT2D eigenvalue weighted by molar-refractivity contribution is 6.07. The van der Waals surface area contributed by atoms with Gasteiger partial charge in [0.1, 0.15) is 0 Å². The van der Waals surface area contributed by atoms with E-state index in [1.54, 1.807) is 0 Å². The normalized spacial score (nSPS) is 23.9. The van der Waals surface area contributed by atoms with E-state index in [0.29, 0.717) is 12.8 Å². The smallest absolute Gasteiger partial charge is 0.303 e. The summed E-state index contributed by atoms with van der Waals surface area (Å²) in [6.45, 7) is 0. The van der Waals surface area contributed by atoms with Gasteiger partial charge in [-0.25, -0.2) is 0 Å². The van der Waals surface area contributed by atoms with E-state index < -0.39 is 11.4 Å². The summed E-state index contributed by atoms with van der Waals surface area (Å²) in [6.07, 6.45) is 4.16. The van der Waals surface area contributed by atoms with Crippen molar-refractivity contribution in [2.75, 3.05) is 5.32 Å². The van der Waals surface area contributed by atoms with Crippen LogP contribution >= 0.6 is 0 Å². The Morgan fingerprint density at radius 1 is 1.42 bits per heavy atom. The molecule has 1 aliphatic heterocycles. The molecule has 19 heavy (non-hydrogen) atoms. The van der Waals surface area contributed by atoms with Gasteiger partial charge in [-0.05, 0) is 49.3 Å². The van der Waals surface area contributed by atoms with Gasteiger partial charge in [-0.1, -0.05) is 12.1 Å². The van der Waals surface area contributed by atoms with Crippen LogP contribution in [0.25, 0.3) is 0 Å². The lowest BCUT2D eigenvalue weighted by Gasteiger charge is -2.33. The highest BCUT2D eigenvalue weighted by atomic mass is 16.4. The number of carbonyl (C=O) groups excluding carboxylic acids is 1. The second kappa shape index (κ2) is 4.37. The highest BCUT2D eigenvalue weighted by Gasteiger charge is 2.48. The van der Waals surface area contributed by atoms with Gasteiger partial charge in [0.05, 0.1) is 5.41 Å². The molecule has 1 atom stereocenters. The maximum atomic E-state index is 12.4. The number of carbonyl (C=O) groups is 2. The van der Waals surface area contributed by atoms with E-state index in [9.17, 15) is 9.59 Å². The summed E-state index contributed by atoms with van der Waals surface area (Å²) in [4.78, 5) is 23.1. The van der Waals surface area contributed by atoms with Crippen LogP contribution in [0.3, 0.4) is 0 Å². The molecule has 4 nitrogen and oxygen atoms in total. The van der Waals surface area contributed by atoms with Crippen molar-refractivity contribution in [3.8, 4) is 0 Å². The van der Waals surface area contributed by atoms with E-state index in [0.717, 1.165) is 30.5 Å². The molecule has 2 aliphatic rings. The molecule has 3 rings (SSSR count). The Hall–Kier alpha value is -1.84. The molecule has 1 aromatic carbocycles. The number of aliphatic carboxylic acids is 1. The van der Waals surface area contributed by atoms with Crippen molar-refractivity contribution in [3.63, 3.8) is 0 Å². The summed E-state index contributed by atoms with van der Waals surface area (Å²) in [5.74, 6) is -0.737. The second-order valence-corrected chi connectivity index (χ2v) is 5.48. The van der Waals surface area contributed by atoms with Gasteiger partial charge in [-0.15, -0.1) is 0 Å².